The van der Waals surface area contributed by atoms with Gasteiger partial charge in [-0.1, -0.05) is 39.5 Å². The molecule has 0 aromatic rings. The first kappa shape index (κ1) is 10.9. The van der Waals surface area contributed by atoms with Gasteiger partial charge in [-0.25, -0.2) is 4.89 Å². The van der Waals surface area contributed by atoms with Crippen molar-refractivity contribution in [1.82, 2.24) is 0 Å². The first-order valence-corrected chi connectivity index (χ1v) is 4.61. The van der Waals surface area contributed by atoms with Crippen LogP contribution < -0.4 is 0 Å². The summed E-state index contributed by atoms with van der Waals surface area (Å²) in [6.07, 6.45) is 6.02. The predicted molar refractivity (Wildman–Crippen MR) is 46.5 cm³/mol. The Morgan fingerprint density at radius 1 is 1.27 bits per heavy atom. The van der Waals surface area contributed by atoms with Crippen LogP contribution in [0.1, 0.15) is 46.0 Å². The molecule has 0 aliphatic carbocycles. The maximum atomic E-state index is 8.14. The van der Waals surface area contributed by atoms with Gasteiger partial charge in [-0.3, -0.25) is 5.26 Å². The highest BCUT2D eigenvalue weighted by molar-refractivity contribution is 4.56. The number of unbranched alkanes of at least 4 members (excludes halogenated alkanes) is 1. The zero-order valence-corrected chi connectivity index (χ0v) is 7.68. The smallest absolute Gasteiger partial charge is 0.0822 e. The number of hydrogen-bond acceptors (Lipinski definition) is 2. The summed E-state index contributed by atoms with van der Waals surface area (Å²) >= 11 is 0. The van der Waals surface area contributed by atoms with Gasteiger partial charge in [0, 0.05) is 0 Å². The van der Waals surface area contributed by atoms with Gasteiger partial charge in [0.1, 0.15) is 0 Å². The number of hydrogen-bond donors (Lipinski definition) is 1. The molecule has 68 valence electrons. The Hall–Kier alpha value is -0.0800. The third-order valence-corrected chi connectivity index (χ3v) is 2.16. The molecule has 0 saturated heterocycles. The van der Waals surface area contributed by atoms with Crippen molar-refractivity contribution in [3.05, 3.63) is 0 Å². The van der Waals surface area contributed by atoms with Crippen molar-refractivity contribution in [2.45, 2.75) is 46.0 Å². The van der Waals surface area contributed by atoms with Crippen LogP contribution >= 0.6 is 0 Å². The highest BCUT2D eigenvalue weighted by Crippen LogP contribution is 2.15. The standard InChI is InChI=1S/C9H20O2/c1-3-5-6-9(4-2)7-8-11-10/h9-10H,3-8H2,1-2H3. The molecule has 2 heteroatoms. The molecule has 0 saturated carbocycles. The zero-order valence-electron chi connectivity index (χ0n) is 7.68. The average Bonchev–Trinajstić information content (AvgIpc) is 2.05. The Balaban J connectivity index is 3.25. The third-order valence-electron chi connectivity index (χ3n) is 2.16. The molecule has 0 amide bonds. The molecule has 0 aromatic heterocycles. The summed E-state index contributed by atoms with van der Waals surface area (Å²) in [6, 6.07) is 0. The van der Waals surface area contributed by atoms with Crippen molar-refractivity contribution in [3.8, 4) is 0 Å². The van der Waals surface area contributed by atoms with Crippen LogP contribution in [0.5, 0.6) is 0 Å². The van der Waals surface area contributed by atoms with E-state index in [1.807, 2.05) is 0 Å². The van der Waals surface area contributed by atoms with Crippen LogP contribution in [0.3, 0.4) is 0 Å². The maximum Gasteiger partial charge on any atom is 0.0822 e. The monoisotopic (exact) mass is 160 g/mol. The van der Waals surface area contributed by atoms with Gasteiger partial charge in [-0.15, -0.1) is 0 Å². The summed E-state index contributed by atoms with van der Waals surface area (Å²) < 4.78 is 0. The van der Waals surface area contributed by atoms with Gasteiger partial charge in [0.15, 0.2) is 0 Å². The fraction of sp³-hybridized carbons (Fsp3) is 1.00. The molecular formula is C9H20O2. The molecule has 1 N–H and O–H groups in total. The van der Waals surface area contributed by atoms with E-state index >= 15 is 0 Å². The fourth-order valence-corrected chi connectivity index (χ4v) is 1.26. The van der Waals surface area contributed by atoms with Crippen molar-refractivity contribution in [2.75, 3.05) is 6.61 Å². The molecule has 0 aromatic carbocycles. The predicted octanol–water partition coefficient (Wildman–Crippen LogP) is 3.08. The second-order valence-electron chi connectivity index (χ2n) is 3.04. The summed E-state index contributed by atoms with van der Waals surface area (Å²) in [5.74, 6) is 0.738. The second kappa shape index (κ2) is 8.02. The first-order chi connectivity index (χ1) is 5.35. The SMILES string of the molecule is CCCCC(CC)CCOO. The molecule has 2 nitrogen and oxygen atoms in total. The lowest BCUT2D eigenvalue weighted by molar-refractivity contribution is -0.244. The number of rotatable bonds is 7. The minimum atomic E-state index is 0.488. The molecule has 11 heavy (non-hydrogen) atoms. The van der Waals surface area contributed by atoms with Crippen LogP contribution in [-0.4, -0.2) is 11.9 Å². The lowest BCUT2D eigenvalue weighted by Gasteiger charge is -2.12. The molecule has 0 aliphatic heterocycles. The largest absolute Gasteiger partial charge is 0.252 e. The van der Waals surface area contributed by atoms with Crippen LogP contribution in [0.2, 0.25) is 0 Å². The third kappa shape index (κ3) is 6.32. The van der Waals surface area contributed by atoms with Gasteiger partial charge in [0.25, 0.3) is 0 Å². The quantitative estimate of drug-likeness (QED) is 0.458. The van der Waals surface area contributed by atoms with Gasteiger partial charge >= 0.3 is 0 Å². The van der Waals surface area contributed by atoms with E-state index in [1.54, 1.807) is 0 Å². The zero-order chi connectivity index (χ0) is 8.53. The Kier molecular flexibility index (Phi) is 7.96. The van der Waals surface area contributed by atoms with Crippen molar-refractivity contribution in [3.63, 3.8) is 0 Å². The van der Waals surface area contributed by atoms with Crippen molar-refractivity contribution in [1.29, 1.82) is 0 Å². The average molecular weight is 160 g/mol. The van der Waals surface area contributed by atoms with Gasteiger partial charge < -0.3 is 0 Å². The Morgan fingerprint density at radius 2 is 2.00 bits per heavy atom. The molecule has 0 fully saturated rings. The Labute approximate surface area is 69.5 Å². The van der Waals surface area contributed by atoms with Crippen molar-refractivity contribution in [2.24, 2.45) is 5.92 Å². The first-order valence-electron chi connectivity index (χ1n) is 4.61. The molecule has 0 radical (unpaired) electrons. The highest BCUT2D eigenvalue weighted by Gasteiger charge is 2.04. The molecule has 0 spiro atoms. The van der Waals surface area contributed by atoms with Crippen molar-refractivity contribution < 1.29 is 10.1 Å². The minimum Gasteiger partial charge on any atom is -0.252 e. The topological polar surface area (TPSA) is 29.5 Å². The van der Waals surface area contributed by atoms with Crippen LogP contribution in [0.15, 0.2) is 0 Å². The highest BCUT2D eigenvalue weighted by atomic mass is 17.1. The maximum absolute atomic E-state index is 8.14. The summed E-state index contributed by atoms with van der Waals surface area (Å²) in [5.41, 5.74) is 0. The van der Waals surface area contributed by atoms with Crippen LogP contribution in [-0.2, 0) is 4.89 Å². The summed E-state index contributed by atoms with van der Waals surface area (Å²) in [6.45, 7) is 4.88. The lowest BCUT2D eigenvalue weighted by Crippen LogP contribution is -2.03. The fourth-order valence-electron chi connectivity index (χ4n) is 1.26. The van der Waals surface area contributed by atoms with Crippen LogP contribution in [0, 0.1) is 5.92 Å². The molecule has 0 bridgehead atoms. The van der Waals surface area contributed by atoms with Gasteiger partial charge in [-0.2, -0.15) is 0 Å². The van der Waals surface area contributed by atoms with E-state index < -0.39 is 0 Å². The lowest BCUT2D eigenvalue weighted by atomic mass is 9.96. The van der Waals surface area contributed by atoms with Gasteiger partial charge in [-0.05, 0) is 12.3 Å². The van der Waals surface area contributed by atoms with E-state index in [1.165, 1.54) is 25.7 Å². The summed E-state index contributed by atoms with van der Waals surface area (Å²) in [4.78, 5) is 4.05. The van der Waals surface area contributed by atoms with E-state index in [0.717, 1.165) is 12.3 Å². The Bertz CT molecular complexity index is 66.0. The summed E-state index contributed by atoms with van der Waals surface area (Å²) in [7, 11) is 0. The minimum absolute atomic E-state index is 0.488. The molecule has 0 rings (SSSR count). The van der Waals surface area contributed by atoms with Crippen LogP contribution in [0.25, 0.3) is 0 Å². The van der Waals surface area contributed by atoms with Crippen molar-refractivity contribution >= 4 is 0 Å². The van der Waals surface area contributed by atoms with Crippen LogP contribution in [0.4, 0.5) is 0 Å². The van der Waals surface area contributed by atoms with Gasteiger partial charge in [0.2, 0.25) is 0 Å². The van der Waals surface area contributed by atoms with E-state index in [2.05, 4.69) is 18.7 Å². The normalized spacial score (nSPS) is 13.4. The van der Waals surface area contributed by atoms with E-state index in [4.69, 9.17) is 5.26 Å². The van der Waals surface area contributed by atoms with E-state index in [9.17, 15) is 0 Å². The van der Waals surface area contributed by atoms with Gasteiger partial charge in [0.05, 0.1) is 6.61 Å². The summed E-state index contributed by atoms with van der Waals surface area (Å²) in [5, 5.41) is 8.14. The second-order valence-corrected chi connectivity index (χ2v) is 3.04. The molecule has 1 unspecified atom stereocenters. The molecule has 1 atom stereocenters. The molecule has 0 aliphatic rings. The van der Waals surface area contributed by atoms with E-state index in [-0.39, 0.29) is 0 Å². The van der Waals surface area contributed by atoms with E-state index in [0.29, 0.717) is 6.61 Å². The molecular weight excluding hydrogens is 140 g/mol. The molecule has 0 heterocycles. The Morgan fingerprint density at radius 3 is 2.45 bits per heavy atom.